The molecule has 0 heterocycles. The summed E-state index contributed by atoms with van der Waals surface area (Å²) in [7, 11) is 1.70. The van der Waals surface area contributed by atoms with Crippen molar-refractivity contribution in [2.45, 2.75) is 46.8 Å². The van der Waals surface area contributed by atoms with E-state index in [0.29, 0.717) is 45.4 Å². The number of amides is 1. The number of nitrogens with one attached hydrogen (secondary N) is 3. The van der Waals surface area contributed by atoms with Crippen LogP contribution >= 0.6 is 24.0 Å². The van der Waals surface area contributed by atoms with Crippen molar-refractivity contribution in [2.75, 3.05) is 40.0 Å². The maximum atomic E-state index is 11.6. The van der Waals surface area contributed by atoms with Crippen LogP contribution in [-0.2, 0) is 16.0 Å². The fourth-order valence-electron chi connectivity index (χ4n) is 2.36. The summed E-state index contributed by atoms with van der Waals surface area (Å²) < 4.78 is 16.4. The lowest BCUT2D eigenvalue weighted by Crippen LogP contribution is -2.42. The summed E-state index contributed by atoms with van der Waals surface area (Å²) in [5, 5.41) is 9.12. The minimum atomic E-state index is -0.508. The van der Waals surface area contributed by atoms with Crippen LogP contribution in [0.25, 0.3) is 0 Å². The average Bonchev–Trinajstić information content (AvgIpc) is 2.64. The van der Waals surface area contributed by atoms with Crippen molar-refractivity contribution in [1.82, 2.24) is 16.0 Å². The van der Waals surface area contributed by atoms with Gasteiger partial charge in [-0.2, -0.15) is 0 Å². The molecule has 0 spiro atoms. The van der Waals surface area contributed by atoms with Crippen molar-refractivity contribution < 1.29 is 19.0 Å². The highest BCUT2D eigenvalue weighted by atomic mass is 127. The van der Waals surface area contributed by atoms with Crippen molar-refractivity contribution in [3.05, 3.63) is 29.3 Å². The number of benzene rings is 1. The Morgan fingerprint density at radius 3 is 2.43 bits per heavy atom. The molecule has 1 aromatic rings. The average molecular weight is 536 g/mol. The van der Waals surface area contributed by atoms with E-state index in [0.717, 1.165) is 16.9 Å². The lowest BCUT2D eigenvalue weighted by molar-refractivity contribution is 0.0529. The molecular formula is C21H37IN4O4. The van der Waals surface area contributed by atoms with E-state index in [1.165, 1.54) is 0 Å². The quantitative estimate of drug-likeness (QED) is 0.184. The van der Waals surface area contributed by atoms with Gasteiger partial charge in [0.25, 0.3) is 0 Å². The van der Waals surface area contributed by atoms with Crippen molar-refractivity contribution >= 4 is 36.0 Å². The summed E-state index contributed by atoms with van der Waals surface area (Å²) in [6.07, 6.45) is -0.434. The van der Waals surface area contributed by atoms with Crippen molar-refractivity contribution in [3.8, 4) is 5.75 Å². The van der Waals surface area contributed by atoms with Crippen LogP contribution in [0.2, 0.25) is 0 Å². The van der Waals surface area contributed by atoms with E-state index in [1.54, 1.807) is 7.05 Å². The molecule has 0 unspecified atom stereocenters. The number of aliphatic imine (C=N–C) groups is 1. The van der Waals surface area contributed by atoms with Gasteiger partial charge in [0.1, 0.15) is 18.0 Å². The lowest BCUT2D eigenvalue weighted by atomic mass is 10.1. The Balaban J connectivity index is 0.00000841. The fraction of sp³-hybridized carbons (Fsp3) is 0.619. The molecule has 8 nitrogen and oxygen atoms in total. The predicted octanol–water partition coefficient (Wildman–Crippen LogP) is 3.22. The minimum absolute atomic E-state index is 0. The van der Waals surface area contributed by atoms with Crippen molar-refractivity contribution in [1.29, 1.82) is 0 Å². The van der Waals surface area contributed by atoms with E-state index in [2.05, 4.69) is 20.9 Å². The molecule has 0 aliphatic carbocycles. The third-order valence-corrected chi connectivity index (χ3v) is 3.67. The smallest absolute Gasteiger partial charge is 0.407 e. The number of guanidine groups is 1. The van der Waals surface area contributed by atoms with Crippen molar-refractivity contribution in [3.63, 3.8) is 0 Å². The van der Waals surface area contributed by atoms with Gasteiger partial charge in [-0.05, 0) is 46.2 Å². The number of aryl methyl sites for hydroxylation is 1. The molecule has 1 rings (SSSR count). The number of hydrogen-bond donors (Lipinski definition) is 3. The molecule has 1 amide bonds. The lowest BCUT2D eigenvalue weighted by Gasteiger charge is -2.20. The summed E-state index contributed by atoms with van der Waals surface area (Å²) in [6, 6.07) is 6.10. The van der Waals surface area contributed by atoms with Crippen LogP contribution in [0.3, 0.4) is 0 Å². The summed E-state index contributed by atoms with van der Waals surface area (Å²) in [6.45, 7) is 12.7. The molecule has 0 saturated carbocycles. The largest absolute Gasteiger partial charge is 0.491 e. The number of carbonyl (C=O) groups is 1. The Morgan fingerprint density at radius 1 is 1.10 bits per heavy atom. The SMILES string of the molecule is CCOCCOc1cc(C)ccc1CNC(=NC)NCCNC(=O)OC(C)(C)C.I. The topological polar surface area (TPSA) is 93.2 Å². The first-order chi connectivity index (χ1) is 13.7. The monoisotopic (exact) mass is 536 g/mol. The van der Waals surface area contributed by atoms with E-state index >= 15 is 0 Å². The zero-order valence-electron chi connectivity index (χ0n) is 19.0. The predicted molar refractivity (Wildman–Crippen MR) is 131 cm³/mol. The second kappa shape index (κ2) is 15.1. The molecule has 0 atom stereocenters. The van der Waals surface area contributed by atoms with Gasteiger partial charge in [0, 0.05) is 38.9 Å². The highest BCUT2D eigenvalue weighted by Crippen LogP contribution is 2.20. The summed E-state index contributed by atoms with van der Waals surface area (Å²) in [5.41, 5.74) is 1.66. The second-order valence-corrected chi connectivity index (χ2v) is 7.44. The summed E-state index contributed by atoms with van der Waals surface area (Å²) in [5.74, 6) is 1.47. The zero-order valence-corrected chi connectivity index (χ0v) is 21.3. The maximum Gasteiger partial charge on any atom is 0.407 e. The second-order valence-electron chi connectivity index (χ2n) is 7.44. The first kappa shape index (κ1) is 28.2. The third kappa shape index (κ3) is 12.7. The van der Waals surface area contributed by atoms with Gasteiger partial charge < -0.3 is 30.2 Å². The third-order valence-electron chi connectivity index (χ3n) is 3.67. The van der Waals surface area contributed by atoms with Crippen LogP contribution in [0.5, 0.6) is 5.75 Å². The molecule has 3 N–H and O–H groups in total. The summed E-state index contributed by atoms with van der Waals surface area (Å²) in [4.78, 5) is 15.8. The zero-order chi connectivity index (χ0) is 21.7. The number of rotatable bonds is 10. The molecule has 0 radical (unpaired) electrons. The van der Waals surface area contributed by atoms with Gasteiger partial charge in [-0.25, -0.2) is 4.79 Å². The number of carbonyl (C=O) groups excluding carboxylic acids is 1. The molecule has 9 heteroatoms. The molecule has 0 aromatic heterocycles. The van der Waals surface area contributed by atoms with E-state index in [-0.39, 0.29) is 24.0 Å². The Bertz CT molecular complexity index is 663. The van der Waals surface area contributed by atoms with Gasteiger partial charge in [-0.15, -0.1) is 24.0 Å². The first-order valence-corrected chi connectivity index (χ1v) is 9.96. The van der Waals surface area contributed by atoms with Gasteiger partial charge in [0.2, 0.25) is 0 Å². The first-order valence-electron chi connectivity index (χ1n) is 9.96. The highest BCUT2D eigenvalue weighted by Gasteiger charge is 2.15. The van der Waals surface area contributed by atoms with Gasteiger partial charge in [0.05, 0.1) is 6.61 Å². The highest BCUT2D eigenvalue weighted by molar-refractivity contribution is 14.0. The number of halogens is 1. The van der Waals surface area contributed by atoms with Crippen LogP contribution in [0.1, 0.15) is 38.8 Å². The fourth-order valence-corrected chi connectivity index (χ4v) is 2.36. The van der Waals surface area contributed by atoms with E-state index < -0.39 is 11.7 Å². The number of nitrogens with zero attached hydrogens (tertiary/aromatic N) is 1. The molecule has 0 aliphatic heterocycles. The molecule has 0 aliphatic rings. The van der Waals surface area contributed by atoms with E-state index in [9.17, 15) is 4.79 Å². The Hall–Kier alpha value is -1.75. The Morgan fingerprint density at radius 2 is 1.80 bits per heavy atom. The van der Waals surface area contributed by atoms with Crippen LogP contribution < -0.4 is 20.7 Å². The molecule has 172 valence electrons. The van der Waals surface area contributed by atoms with Crippen LogP contribution in [0, 0.1) is 6.92 Å². The van der Waals surface area contributed by atoms with Crippen LogP contribution in [0.4, 0.5) is 4.79 Å². The number of alkyl carbamates (subject to hydrolysis) is 1. The normalized spacial score (nSPS) is 11.3. The minimum Gasteiger partial charge on any atom is -0.491 e. The van der Waals surface area contributed by atoms with Gasteiger partial charge in [0.15, 0.2) is 5.96 Å². The number of hydrogen-bond acceptors (Lipinski definition) is 5. The number of ether oxygens (including phenoxy) is 3. The molecule has 0 fully saturated rings. The Labute approximate surface area is 197 Å². The molecular weight excluding hydrogens is 499 g/mol. The van der Waals surface area contributed by atoms with E-state index in [4.69, 9.17) is 14.2 Å². The van der Waals surface area contributed by atoms with E-state index in [1.807, 2.05) is 52.8 Å². The van der Waals surface area contributed by atoms with Crippen LogP contribution in [0.15, 0.2) is 23.2 Å². The molecule has 1 aromatic carbocycles. The standard InChI is InChI=1S/C21H36N4O4.HI/c1-7-27-12-13-28-18-14-16(2)8-9-17(18)15-25-19(22-6)23-10-11-24-20(26)29-21(3,4)5;/h8-9,14H,7,10-13,15H2,1-6H3,(H,24,26)(H2,22,23,25);1H. The molecule has 0 bridgehead atoms. The maximum absolute atomic E-state index is 11.6. The van der Waals surface area contributed by atoms with Gasteiger partial charge in [-0.3, -0.25) is 4.99 Å². The summed E-state index contributed by atoms with van der Waals surface area (Å²) >= 11 is 0. The molecule has 30 heavy (non-hydrogen) atoms. The Kier molecular flexibility index (Phi) is 14.2. The van der Waals surface area contributed by atoms with Gasteiger partial charge >= 0.3 is 6.09 Å². The molecule has 0 saturated heterocycles. The van der Waals surface area contributed by atoms with Crippen LogP contribution in [-0.4, -0.2) is 57.6 Å². The van der Waals surface area contributed by atoms with Gasteiger partial charge in [-0.1, -0.05) is 12.1 Å². The van der Waals surface area contributed by atoms with Crippen molar-refractivity contribution in [2.24, 2.45) is 4.99 Å².